The van der Waals surface area contributed by atoms with E-state index in [1.54, 1.807) is 16.9 Å². The number of aryl methyl sites for hydroxylation is 1. The van der Waals surface area contributed by atoms with Crippen LogP contribution >= 0.6 is 11.6 Å². The standard InChI is InChI=1S/C24H24ClN5O2/c1-15(2)22-18-13-27-30(20-11-7-4-8-16(20)3)23(18)24(32)29(28-22)14-21(31)26-12-17-9-5-6-10-19(17)25/h4-11,13,15H,12,14H2,1-3H3,(H,26,31). The largest absolute Gasteiger partial charge is 0.350 e. The Hall–Kier alpha value is -3.45. The molecule has 0 unspecified atom stereocenters. The highest BCUT2D eigenvalue weighted by atomic mass is 35.5. The molecule has 2 aromatic carbocycles. The second-order valence-corrected chi connectivity index (χ2v) is 8.38. The van der Waals surface area contributed by atoms with E-state index in [1.165, 1.54) is 4.68 Å². The number of hydrogen-bond acceptors (Lipinski definition) is 4. The Morgan fingerprint density at radius 2 is 1.84 bits per heavy atom. The number of carbonyl (C=O) groups excluding carboxylic acids is 1. The van der Waals surface area contributed by atoms with Crippen molar-refractivity contribution < 1.29 is 4.79 Å². The Balaban J connectivity index is 1.72. The molecule has 0 saturated carbocycles. The third-order valence-corrected chi connectivity index (χ3v) is 5.70. The van der Waals surface area contributed by atoms with E-state index in [0.717, 1.165) is 22.5 Å². The maximum absolute atomic E-state index is 13.4. The van der Waals surface area contributed by atoms with Crippen LogP contribution < -0.4 is 10.9 Å². The van der Waals surface area contributed by atoms with Gasteiger partial charge in [-0.25, -0.2) is 9.36 Å². The van der Waals surface area contributed by atoms with Crippen molar-refractivity contribution in [3.63, 3.8) is 0 Å². The van der Waals surface area contributed by atoms with Gasteiger partial charge in [0.25, 0.3) is 5.56 Å². The van der Waals surface area contributed by atoms with Crippen molar-refractivity contribution in [2.45, 2.75) is 39.8 Å². The van der Waals surface area contributed by atoms with Crippen LogP contribution in [-0.2, 0) is 17.9 Å². The van der Waals surface area contributed by atoms with Crippen LogP contribution in [-0.4, -0.2) is 25.5 Å². The molecular formula is C24H24ClN5O2. The molecule has 4 rings (SSSR count). The molecule has 0 aliphatic heterocycles. The molecule has 4 aromatic rings. The topological polar surface area (TPSA) is 81.8 Å². The predicted octanol–water partition coefficient (Wildman–Crippen LogP) is 3.98. The van der Waals surface area contributed by atoms with Crippen LogP contribution in [0.2, 0.25) is 5.02 Å². The Bertz CT molecular complexity index is 1360. The fraction of sp³-hybridized carbons (Fsp3) is 0.250. The van der Waals surface area contributed by atoms with Crippen molar-refractivity contribution in [2.24, 2.45) is 0 Å². The highest BCUT2D eigenvalue weighted by molar-refractivity contribution is 6.31. The average Bonchev–Trinajstić information content (AvgIpc) is 3.20. The van der Waals surface area contributed by atoms with Gasteiger partial charge in [0.1, 0.15) is 12.1 Å². The maximum Gasteiger partial charge on any atom is 0.293 e. The number of rotatable bonds is 6. The van der Waals surface area contributed by atoms with Crippen molar-refractivity contribution in [1.29, 1.82) is 0 Å². The molecule has 0 radical (unpaired) electrons. The molecule has 7 nitrogen and oxygen atoms in total. The van der Waals surface area contributed by atoms with Gasteiger partial charge < -0.3 is 5.32 Å². The summed E-state index contributed by atoms with van der Waals surface area (Å²) in [5.74, 6) is -0.277. The van der Waals surface area contributed by atoms with Gasteiger partial charge in [0.2, 0.25) is 5.91 Å². The Morgan fingerprint density at radius 1 is 1.12 bits per heavy atom. The SMILES string of the molecule is Cc1ccccc1-n1ncc2c(C(C)C)nn(CC(=O)NCc3ccccc3Cl)c(=O)c21. The molecule has 1 N–H and O–H groups in total. The first kappa shape index (κ1) is 21.8. The second kappa shape index (κ2) is 8.96. The molecule has 0 fully saturated rings. The molecule has 0 aliphatic carbocycles. The lowest BCUT2D eigenvalue weighted by Crippen LogP contribution is -2.34. The van der Waals surface area contributed by atoms with Crippen LogP contribution in [0.5, 0.6) is 0 Å². The van der Waals surface area contributed by atoms with Crippen LogP contribution in [0.25, 0.3) is 16.6 Å². The van der Waals surface area contributed by atoms with Gasteiger partial charge in [-0.2, -0.15) is 10.2 Å². The van der Waals surface area contributed by atoms with Gasteiger partial charge in [-0.15, -0.1) is 0 Å². The van der Waals surface area contributed by atoms with Crippen molar-refractivity contribution >= 4 is 28.4 Å². The summed E-state index contributed by atoms with van der Waals surface area (Å²) < 4.78 is 2.86. The van der Waals surface area contributed by atoms with Crippen molar-refractivity contribution in [3.8, 4) is 5.69 Å². The fourth-order valence-electron chi connectivity index (χ4n) is 3.64. The predicted molar refractivity (Wildman–Crippen MR) is 125 cm³/mol. The monoisotopic (exact) mass is 449 g/mol. The minimum atomic E-state index is -0.363. The van der Waals surface area contributed by atoms with Gasteiger partial charge in [-0.3, -0.25) is 9.59 Å². The number of halogens is 1. The number of amides is 1. The first-order valence-corrected chi connectivity index (χ1v) is 10.8. The zero-order chi connectivity index (χ0) is 22.8. The van der Waals surface area contributed by atoms with Crippen LogP contribution in [0, 0.1) is 6.92 Å². The number of carbonyl (C=O) groups is 1. The zero-order valence-corrected chi connectivity index (χ0v) is 18.9. The average molecular weight is 450 g/mol. The molecule has 0 saturated heterocycles. The van der Waals surface area contributed by atoms with E-state index < -0.39 is 0 Å². The van der Waals surface area contributed by atoms with E-state index >= 15 is 0 Å². The van der Waals surface area contributed by atoms with E-state index in [2.05, 4.69) is 15.5 Å². The van der Waals surface area contributed by atoms with E-state index in [4.69, 9.17) is 11.6 Å². The smallest absolute Gasteiger partial charge is 0.293 e. The molecule has 1 amide bonds. The third-order valence-electron chi connectivity index (χ3n) is 5.33. The summed E-state index contributed by atoms with van der Waals surface area (Å²) in [6.45, 7) is 6.04. The number of hydrogen-bond donors (Lipinski definition) is 1. The molecule has 2 aromatic heterocycles. The first-order valence-electron chi connectivity index (χ1n) is 10.4. The third kappa shape index (κ3) is 4.16. The number of aromatic nitrogens is 4. The molecular weight excluding hydrogens is 426 g/mol. The minimum absolute atomic E-state index is 0.0463. The summed E-state index contributed by atoms with van der Waals surface area (Å²) in [4.78, 5) is 26.0. The van der Waals surface area contributed by atoms with E-state index in [1.807, 2.05) is 63.2 Å². The summed E-state index contributed by atoms with van der Waals surface area (Å²) in [5.41, 5.74) is 3.38. The molecule has 0 aliphatic rings. The summed E-state index contributed by atoms with van der Waals surface area (Å²) in [5, 5.41) is 13.1. The molecule has 2 heterocycles. The first-order chi connectivity index (χ1) is 15.4. The van der Waals surface area contributed by atoms with E-state index in [9.17, 15) is 9.59 Å². The van der Waals surface area contributed by atoms with Crippen molar-refractivity contribution in [2.75, 3.05) is 0 Å². The molecule has 0 spiro atoms. The quantitative estimate of drug-likeness (QED) is 0.482. The van der Waals surface area contributed by atoms with Crippen molar-refractivity contribution in [3.05, 3.63) is 86.9 Å². The summed E-state index contributed by atoms with van der Waals surface area (Å²) in [6.07, 6.45) is 1.67. The van der Waals surface area contributed by atoms with Crippen LogP contribution in [0.4, 0.5) is 0 Å². The second-order valence-electron chi connectivity index (χ2n) is 7.98. The van der Waals surface area contributed by atoms with Crippen LogP contribution in [0.1, 0.15) is 36.6 Å². The summed E-state index contributed by atoms with van der Waals surface area (Å²) in [7, 11) is 0. The number of fused-ring (bicyclic) bond motifs is 1. The van der Waals surface area contributed by atoms with Gasteiger partial charge >= 0.3 is 0 Å². The lowest BCUT2D eigenvalue weighted by Gasteiger charge is -2.13. The number of nitrogens with zero attached hydrogens (tertiary/aromatic N) is 4. The Kier molecular flexibility index (Phi) is 6.10. The Morgan fingerprint density at radius 3 is 2.56 bits per heavy atom. The van der Waals surface area contributed by atoms with Gasteiger partial charge in [0.05, 0.1) is 17.6 Å². The fourth-order valence-corrected chi connectivity index (χ4v) is 3.84. The molecule has 0 bridgehead atoms. The molecule has 32 heavy (non-hydrogen) atoms. The summed E-state index contributed by atoms with van der Waals surface area (Å²) in [6, 6.07) is 15.0. The summed E-state index contributed by atoms with van der Waals surface area (Å²) >= 11 is 6.16. The lowest BCUT2D eigenvalue weighted by molar-refractivity contribution is -0.122. The van der Waals surface area contributed by atoms with Gasteiger partial charge in [0.15, 0.2) is 0 Å². The zero-order valence-electron chi connectivity index (χ0n) is 18.2. The molecule has 164 valence electrons. The van der Waals surface area contributed by atoms with Gasteiger partial charge in [0, 0.05) is 17.0 Å². The van der Waals surface area contributed by atoms with Crippen LogP contribution in [0.3, 0.4) is 0 Å². The highest BCUT2D eigenvalue weighted by Gasteiger charge is 2.20. The normalized spacial score (nSPS) is 11.3. The number of para-hydroxylation sites is 1. The lowest BCUT2D eigenvalue weighted by atomic mass is 10.1. The molecule has 8 heteroatoms. The molecule has 0 atom stereocenters. The number of benzene rings is 2. The van der Waals surface area contributed by atoms with Crippen molar-refractivity contribution in [1.82, 2.24) is 24.9 Å². The van der Waals surface area contributed by atoms with E-state index in [0.29, 0.717) is 15.9 Å². The van der Waals surface area contributed by atoms with E-state index in [-0.39, 0.29) is 30.5 Å². The maximum atomic E-state index is 13.4. The minimum Gasteiger partial charge on any atom is -0.350 e. The Labute approximate surface area is 190 Å². The van der Waals surface area contributed by atoms with Gasteiger partial charge in [-0.1, -0.05) is 61.8 Å². The van der Waals surface area contributed by atoms with Crippen LogP contribution in [0.15, 0.2) is 59.5 Å². The highest BCUT2D eigenvalue weighted by Crippen LogP contribution is 2.24. The number of nitrogens with one attached hydrogen (secondary N) is 1. The van der Waals surface area contributed by atoms with Gasteiger partial charge in [-0.05, 0) is 36.1 Å².